The maximum Gasteiger partial charge on any atom is 0.245 e. The van der Waals surface area contributed by atoms with Gasteiger partial charge in [0.2, 0.25) is 5.91 Å². The maximum absolute atomic E-state index is 11.5. The number of aromatic nitrogens is 2. The molecule has 0 fully saturated rings. The molecule has 1 amide bonds. The normalized spacial score (nSPS) is 11.0. The fourth-order valence-corrected chi connectivity index (χ4v) is 3.05. The van der Waals surface area contributed by atoms with E-state index in [0.717, 1.165) is 41.3 Å². The van der Waals surface area contributed by atoms with Crippen LogP contribution in [-0.4, -0.2) is 35.7 Å². The molecule has 0 aliphatic carbocycles. The Morgan fingerprint density at radius 2 is 1.96 bits per heavy atom. The zero-order chi connectivity index (χ0) is 18.4. The summed E-state index contributed by atoms with van der Waals surface area (Å²) in [6.07, 6.45) is 1.61. The summed E-state index contributed by atoms with van der Waals surface area (Å²) in [5.74, 6) is 0.921. The molecule has 136 valence electrons. The standard InChI is InChI=1S/C20H22ClN3O2/c1-26-14-20(25)22-12-4-7-19-23-17-5-2-3-6-18(17)24(19)13-15-8-10-16(21)11-9-15/h2-3,5-6,8-11H,4,7,12-14H2,1H3,(H,22,25). The second kappa shape index (κ2) is 8.83. The lowest BCUT2D eigenvalue weighted by Gasteiger charge is -2.10. The number of benzene rings is 2. The Morgan fingerprint density at radius 3 is 2.73 bits per heavy atom. The molecule has 1 N–H and O–H groups in total. The number of hydrogen-bond acceptors (Lipinski definition) is 3. The molecule has 1 aromatic heterocycles. The van der Waals surface area contributed by atoms with Crippen molar-refractivity contribution in [1.82, 2.24) is 14.9 Å². The molecule has 2 aromatic carbocycles. The average molecular weight is 372 g/mol. The number of amides is 1. The fraction of sp³-hybridized carbons (Fsp3) is 0.300. The number of ether oxygens (including phenoxy) is 1. The van der Waals surface area contributed by atoms with Crippen LogP contribution in [0.3, 0.4) is 0 Å². The van der Waals surface area contributed by atoms with Gasteiger partial charge in [-0.1, -0.05) is 35.9 Å². The number of nitrogens with one attached hydrogen (secondary N) is 1. The van der Waals surface area contributed by atoms with Crippen molar-refractivity contribution in [3.8, 4) is 0 Å². The molecule has 0 saturated heterocycles. The summed E-state index contributed by atoms with van der Waals surface area (Å²) in [6, 6.07) is 16.0. The van der Waals surface area contributed by atoms with Crippen molar-refractivity contribution in [2.75, 3.05) is 20.3 Å². The van der Waals surface area contributed by atoms with E-state index in [9.17, 15) is 4.79 Å². The van der Waals surface area contributed by atoms with Crippen LogP contribution in [0, 0.1) is 0 Å². The van der Waals surface area contributed by atoms with Gasteiger partial charge in [-0.3, -0.25) is 4.79 Å². The van der Waals surface area contributed by atoms with E-state index in [1.807, 2.05) is 42.5 Å². The van der Waals surface area contributed by atoms with Gasteiger partial charge in [0.25, 0.3) is 0 Å². The molecule has 0 aliphatic heterocycles. The minimum Gasteiger partial charge on any atom is -0.375 e. The second-order valence-electron chi connectivity index (χ2n) is 6.12. The molecule has 0 saturated carbocycles. The largest absolute Gasteiger partial charge is 0.375 e. The van der Waals surface area contributed by atoms with E-state index in [1.165, 1.54) is 12.7 Å². The van der Waals surface area contributed by atoms with Gasteiger partial charge >= 0.3 is 0 Å². The minimum absolute atomic E-state index is 0.0923. The first-order valence-electron chi connectivity index (χ1n) is 8.61. The monoisotopic (exact) mass is 371 g/mol. The van der Waals surface area contributed by atoms with Crippen molar-refractivity contribution >= 4 is 28.5 Å². The molecule has 3 rings (SSSR count). The molecule has 0 radical (unpaired) electrons. The number of carbonyl (C=O) groups excluding carboxylic acids is 1. The predicted octanol–water partition coefficient (Wildman–Crippen LogP) is 3.43. The molecular weight excluding hydrogens is 350 g/mol. The molecule has 0 aliphatic rings. The van der Waals surface area contributed by atoms with Crippen LogP contribution in [-0.2, 0) is 22.5 Å². The highest BCUT2D eigenvalue weighted by molar-refractivity contribution is 6.30. The highest BCUT2D eigenvalue weighted by Gasteiger charge is 2.11. The Morgan fingerprint density at radius 1 is 1.19 bits per heavy atom. The van der Waals surface area contributed by atoms with E-state index in [0.29, 0.717) is 6.54 Å². The number of methoxy groups -OCH3 is 1. The first kappa shape index (κ1) is 18.4. The number of halogens is 1. The Bertz CT molecular complexity index is 874. The van der Waals surface area contributed by atoms with Gasteiger partial charge in [0.05, 0.1) is 11.0 Å². The summed E-state index contributed by atoms with van der Waals surface area (Å²) < 4.78 is 7.05. The Balaban J connectivity index is 1.74. The van der Waals surface area contributed by atoms with Crippen LogP contribution in [0.15, 0.2) is 48.5 Å². The minimum atomic E-state index is -0.0952. The van der Waals surface area contributed by atoms with Crippen LogP contribution in [0.1, 0.15) is 17.8 Å². The van der Waals surface area contributed by atoms with Crippen LogP contribution in [0.5, 0.6) is 0 Å². The zero-order valence-corrected chi connectivity index (χ0v) is 15.5. The molecule has 3 aromatic rings. The van der Waals surface area contributed by atoms with E-state index in [4.69, 9.17) is 21.3 Å². The van der Waals surface area contributed by atoms with E-state index in [1.54, 1.807) is 0 Å². The quantitative estimate of drug-likeness (QED) is 0.617. The van der Waals surface area contributed by atoms with Gasteiger partial charge in [0, 0.05) is 31.6 Å². The number of imidazole rings is 1. The third-order valence-electron chi connectivity index (χ3n) is 4.16. The number of rotatable bonds is 8. The zero-order valence-electron chi connectivity index (χ0n) is 14.7. The number of nitrogens with zero attached hydrogens (tertiary/aromatic N) is 2. The van der Waals surface area contributed by atoms with Crippen LogP contribution < -0.4 is 5.32 Å². The van der Waals surface area contributed by atoms with Crippen LogP contribution in [0.25, 0.3) is 11.0 Å². The van der Waals surface area contributed by atoms with Crippen LogP contribution >= 0.6 is 11.6 Å². The Kier molecular flexibility index (Phi) is 6.26. The van der Waals surface area contributed by atoms with Gasteiger partial charge in [-0.2, -0.15) is 0 Å². The second-order valence-corrected chi connectivity index (χ2v) is 6.55. The van der Waals surface area contributed by atoms with E-state index >= 15 is 0 Å². The molecule has 26 heavy (non-hydrogen) atoms. The van der Waals surface area contributed by atoms with Crippen molar-refractivity contribution in [2.24, 2.45) is 0 Å². The highest BCUT2D eigenvalue weighted by Crippen LogP contribution is 2.20. The number of hydrogen-bond donors (Lipinski definition) is 1. The van der Waals surface area contributed by atoms with Crippen LogP contribution in [0.2, 0.25) is 5.02 Å². The van der Waals surface area contributed by atoms with Gasteiger partial charge < -0.3 is 14.6 Å². The average Bonchev–Trinajstić information content (AvgIpc) is 2.98. The lowest BCUT2D eigenvalue weighted by molar-refractivity contribution is -0.124. The van der Waals surface area contributed by atoms with Crippen LogP contribution in [0.4, 0.5) is 0 Å². The lowest BCUT2D eigenvalue weighted by Crippen LogP contribution is -2.28. The first-order valence-corrected chi connectivity index (χ1v) is 8.99. The fourth-order valence-electron chi connectivity index (χ4n) is 2.92. The Hall–Kier alpha value is -2.37. The summed E-state index contributed by atoms with van der Waals surface area (Å²) in [4.78, 5) is 16.2. The van der Waals surface area contributed by atoms with Gasteiger partial charge in [-0.15, -0.1) is 0 Å². The third kappa shape index (κ3) is 4.62. The van der Waals surface area contributed by atoms with Crippen molar-refractivity contribution in [1.29, 1.82) is 0 Å². The highest BCUT2D eigenvalue weighted by atomic mass is 35.5. The number of carbonyl (C=O) groups is 1. The molecule has 0 spiro atoms. The number of para-hydroxylation sites is 2. The molecule has 0 bridgehead atoms. The first-order chi connectivity index (χ1) is 12.7. The SMILES string of the molecule is COCC(=O)NCCCc1nc2ccccc2n1Cc1ccc(Cl)cc1. The van der Waals surface area contributed by atoms with Gasteiger partial charge in [-0.25, -0.2) is 4.98 Å². The third-order valence-corrected chi connectivity index (χ3v) is 4.41. The predicted molar refractivity (Wildman–Crippen MR) is 103 cm³/mol. The van der Waals surface area contributed by atoms with Crippen molar-refractivity contribution in [3.05, 3.63) is 64.9 Å². The molecule has 5 nitrogen and oxygen atoms in total. The summed E-state index contributed by atoms with van der Waals surface area (Å²) in [5, 5.41) is 3.58. The molecule has 0 unspecified atom stereocenters. The summed E-state index contributed by atoms with van der Waals surface area (Å²) >= 11 is 5.99. The van der Waals surface area contributed by atoms with Crippen molar-refractivity contribution in [2.45, 2.75) is 19.4 Å². The van der Waals surface area contributed by atoms with Crippen molar-refractivity contribution in [3.63, 3.8) is 0 Å². The van der Waals surface area contributed by atoms with Gasteiger partial charge in [-0.05, 0) is 36.2 Å². The summed E-state index contributed by atoms with van der Waals surface area (Å²) in [5.41, 5.74) is 3.27. The molecule has 0 atom stereocenters. The van der Waals surface area contributed by atoms with E-state index < -0.39 is 0 Å². The maximum atomic E-state index is 11.5. The van der Waals surface area contributed by atoms with Gasteiger partial charge in [0.1, 0.15) is 12.4 Å². The smallest absolute Gasteiger partial charge is 0.245 e. The molecular formula is C20H22ClN3O2. The topological polar surface area (TPSA) is 56.1 Å². The van der Waals surface area contributed by atoms with Crippen molar-refractivity contribution < 1.29 is 9.53 Å². The lowest BCUT2D eigenvalue weighted by atomic mass is 10.2. The Labute approximate surface area is 157 Å². The molecule has 1 heterocycles. The molecule has 6 heteroatoms. The number of aryl methyl sites for hydroxylation is 1. The summed E-state index contributed by atoms with van der Waals surface area (Å²) in [6.45, 7) is 1.43. The number of fused-ring (bicyclic) bond motifs is 1. The van der Waals surface area contributed by atoms with E-state index in [2.05, 4.69) is 16.0 Å². The van der Waals surface area contributed by atoms with Gasteiger partial charge in [0.15, 0.2) is 0 Å². The van der Waals surface area contributed by atoms with E-state index in [-0.39, 0.29) is 12.5 Å². The summed E-state index contributed by atoms with van der Waals surface area (Å²) in [7, 11) is 1.51.